The van der Waals surface area contributed by atoms with Crippen LogP contribution in [0.5, 0.6) is 0 Å². The zero-order valence-corrected chi connectivity index (χ0v) is 31.2. The van der Waals surface area contributed by atoms with Gasteiger partial charge < -0.3 is 15.2 Å². The Morgan fingerprint density at radius 1 is 1.04 bits per heavy atom. The van der Waals surface area contributed by atoms with Crippen molar-refractivity contribution in [2.75, 3.05) is 25.7 Å². The number of rotatable bonds is 12. The molecule has 0 unspecified atom stereocenters. The molecule has 0 saturated heterocycles. The lowest BCUT2D eigenvalue weighted by atomic mass is 9.95. The number of aliphatic hydroxyl groups excluding tert-OH is 1. The third-order valence-corrected chi connectivity index (χ3v) is 9.27. The minimum atomic E-state index is -3.87. The number of nitrogens with one attached hydrogen (secondary N) is 1. The number of aliphatic hydroxyl groups is 1. The molecule has 46 heavy (non-hydrogen) atoms. The summed E-state index contributed by atoms with van der Waals surface area (Å²) >= 11 is 6.39. The van der Waals surface area contributed by atoms with E-state index in [9.17, 15) is 35.5 Å². The summed E-state index contributed by atoms with van der Waals surface area (Å²) < 4.78 is 76.1. The first kappa shape index (κ1) is 41.9. The number of aliphatic imine (C=N–C) groups is 1. The summed E-state index contributed by atoms with van der Waals surface area (Å²) in [5, 5.41) is 12.2. The lowest BCUT2D eigenvalue weighted by Crippen LogP contribution is -2.49. The molecule has 2 aromatic rings. The van der Waals surface area contributed by atoms with Crippen LogP contribution in [-0.4, -0.2) is 80.5 Å². The zero-order chi connectivity index (χ0) is 35.3. The number of hydrogen-bond acceptors (Lipinski definition) is 11. The predicted molar refractivity (Wildman–Crippen MR) is 177 cm³/mol. The van der Waals surface area contributed by atoms with Crippen molar-refractivity contribution in [1.29, 1.82) is 0 Å². The highest BCUT2D eigenvalue weighted by Gasteiger charge is 2.33. The number of carbonyl (C=O) groups excluding carboxylic acids is 1. The average Bonchev–Trinajstić information content (AvgIpc) is 3.31. The SMILES string of the molecule is CCCC[C@](C)(CO)NC(=O)c1ncc(F)cc1Br.CCCC[C@]1(C)COC(c2ncc(F)cc2Br)=N1.CS(=O)(=O)OS(C)(=O)=O. The van der Waals surface area contributed by atoms with E-state index in [0.29, 0.717) is 46.1 Å². The fraction of sp³-hybridized carbons (Fsp3) is 0.571. The van der Waals surface area contributed by atoms with Gasteiger partial charge in [-0.25, -0.2) is 23.7 Å². The lowest BCUT2D eigenvalue weighted by molar-refractivity contribution is 0.0832. The van der Waals surface area contributed by atoms with Gasteiger partial charge in [-0.1, -0.05) is 39.5 Å². The minimum Gasteiger partial charge on any atom is -0.474 e. The third kappa shape index (κ3) is 15.6. The average molecular weight is 823 g/mol. The van der Waals surface area contributed by atoms with Gasteiger partial charge in [0.05, 0.1) is 51.5 Å². The van der Waals surface area contributed by atoms with Crippen LogP contribution in [0.15, 0.2) is 38.5 Å². The molecule has 0 aromatic carbocycles. The monoisotopic (exact) mass is 820 g/mol. The van der Waals surface area contributed by atoms with Crippen molar-refractivity contribution in [3.05, 3.63) is 56.5 Å². The fourth-order valence-corrected chi connectivity index (χ4v) is 6.59. The number of unbranched alkanes of at least 4 members (excludes halogenated alkanes) is 2. The Labute approximate surface area is 286 Å². The first-order valence-electron chi connectivity index (χ1n) is 14.1. The van der Waals surface area contributed by atoms with Gasteiger partial charge in [0, 0.05) is 0 Å². The molecule has 3 rings (SSSR count). The lowest BCUT2D eigenvalue weighted by Gasteiger charge is -2.28. The molecule has 0 bridgehead atoms. The number of hydrogen-bond donors (Lipinski definition) is 2. The van der Waals surface area contributed by atoms with Gasteiger partial charge in [0.2, 0.25) is 5.90 Å². The molecule has 2 N–H and O–H groups in total. The Bertz CT molecular complexity index is 1550. The van der Waals surface area contributed by atoms with Crippen molar-refractivity contribution < 1.29 is 43.9 Å². The molecule has 1 aliphatic heterocycles. The number of halogens is 4. The maximum absolute atomic E-state index is 13.0. The molecule has 260 valence electrons. The second-order valence-electron chi connectivity index (χ2n) is 11.0. The van der Waals surface area contributed by atoms with Crippen molar-refractivity contribution in [2.24, 2.45) is 4.99 Å². The van der Waals surface area contributed by atoms with E-state index in [4.69, 9.17) is 4.74 Å². The number of amides is 1. The molecule has 2 aromatic heterocycles. The quantitative estimate of drug-likeness (QED) is 0.287. The van der Waals surface area contributed by atoms with Crippen LogP contribution >= 0.6 is 31.9 Å². The highest BCUT2D eigenvalue weighted by Crippen LogP contribution is 2.28. The number of carbonyl (C=O) groups is 1. The Hall–Kier alpha value is -2.12. The standard InChI is InChI=1S/C13H18BrFN2O2.C13H16BrFN2O.C2H6O5S2/c1-3-4-5-13(2,8-18)17-12(19)11-10(14)6-9(15)7-16-11;1-3-4-5-13(2)8-18-12(17-13)11-10(14)6-9(15)7-16-11;1-8(3,4)7-9(2,5)6/h6-7,18H,3-5,8H2,1-2H3,(H,17,19);6-7H,3-5,8H2,1-2H3;1-2H3/t2*13-;/m11./s1. The van der Waals surface area contributed by atoms with Crippen molar-refractivity contribution in [2.45, 2.75) is 77.3 Å². The van der Waals surface area contributed by atoms with Gasteiger partial charge in [-0.2, -0.15) is 16.8 Å². The molecule has 12 nitrogen and oxygen atoms in total. The first-order chi connectivity index (χ1) is 21.2. The van der Waals surface area contributed by atoms with E-state index in [1.54, 1.807) is 6.92 Å². The molecule has 2 atom stereocenters. The van der Waals surface area contributed by atoms with E-state index in [2.05, 4.69) is 69.6 Å². The summed E-state index contributed by atoms with van der Waals surface area (Å²) in [6, 6.07) is 2.56. The van der Waals surface area contributed by atoms with Gasteiger partial charge in [0.1, 0.15) is 29.6 Å². The molecular weight excluding hydrogens is 782 g/mol. The second kappa shape index (κ2) is 18.4. The number of aromatic nitrogens is 2. The van der Waals surface area contributed by atoms with Crippen LogP contribution in [-0.2, 0) is 28.6 Å². The Morgan fingerprint density at radius 2 is 1.59 bits per heavy atom. The summed E-state index contributed by atoms with van der Waals surface area (Å²) in [5.74, 6) is -0.822. The molecular formula is C28H40Br2F2N4O8S2. The molecule has 0 aliphatic carbocycles. The third-order valence-electron chi connectivity index (χ3n) is 6.09. The van der Waals surface area contributed by atoms with E-state index in [-0.39, 0.29) is 23.7 Å². The first-order valence-corrected chi connectivity index (χ1v) is 19.3. The summed E-state index contributed by atoms with van der Waals surface area (Å²) in [7, 11) is -7.74. The van der Waals surface area contributed by atoms with Crippen molar-refractivity contribution >= 4 is 63.9 Å². The summed E-state index contributed by atoms with van der Waals surface area (Å²) in [6.45, 7) is 8.45. The van der Waals surface area contributed by atoms with Gasteiger partial charge in [-0.3, -0.25) is 4.79 Å². The van der Waals surface area contributed by atoms with Gasteiger partial charge in [0.15, 0.2) is 0 Å². The molecule has 3 heterocycles. The van der Waals surface area contributed by atoms with Crippen LogP contribution in [0.4, 0.5) is 8.78 Å². The molecule has 0 fully saturated rings. The van der Waals surface area contributed by atoms with E-state index in [1.807, 2.05) is 6.92 Å². The molecule has 18 heteroatoms. The molecule has 0 radical (unpaired) electrons. The minimum absolute atomic E-state index is 0.109. The fourth-order valence-electron chi connectivity index (χ4n) is 3.80. The molecule has 0 spiro atoms. The van der Waals surface area contributed by atoms with Crippen molar-refractivity contribution in [1.82, 2.24) is 15.3 Å². The van der Waals surface area contributed by atoms with E-state index >= 15 is 0 Å². The Kier molecular flexibility index (Phi) is 16.8. The van der Waals surface area contributed by atoms with Gasteiger partial charge in [0.25, 0.3) is 26.1 Å². The van der Waals surface area contributed by atoms with E-state index < -0.39 is 37.5 Å². The van der Waals surface area contributed by atoms with Crippen LogP contribution in [0, 0.1) is 11.6 Å². The topological polar surface area (TPSA) is 174 Å². The smallest absolute Gasteiger partial charge is 0.278 e. The summed E-state index contributed by atoms with van der Waals surface area (Å²) in [4.78, 5) is 24.5. The largest absolute Gasteiger partial charge is 0.474 e. The highest BCUT2D eigenvalue weighted by atomic mass is 79.9. The van der Waals surface area contributed by atoms with Gasteiger partial charge in [-0.05, 0) is 70.7 Å². The normalized spacial score (nSPS) is 17.3. The molecule has 1 aliphatic rings. The second-order valence-corrected chi connectivity index (χ2v) is 16.1. The Morgan fingerprint density at radius 3 is 2.04 bits per heavy atom. The van der Waals surface area contributed by atoms with E-state index in [0.717, 1.165) is 38.3 Å². The summed E-state index contributed by atoms with van der Waals surface area (Å²) in [6.07, 6.45) is 9.28. The van der Waals surface area contributed by atoms with Crippen LogP contribution < -0.4 is 5.32 Å². The van der Waals surface area contributed by atoms with Crippen LogP contribution in [0.3, 0.4) is 0 Å². The maximum atomic E-state index is 13.0. The Balaban J connectivity index is 0.000000368. The number of pyridine rings is 2. The number of ether oxygens (including phenoxy) is 1. The number of nitrogens with zero attached hydrogens (tertiary/aromatic N) is 3. The maximum Gasteiger partial charge on any atom is 0.278 e. The molecule has 1 amide bonds. The van der Waals surface area contributed by atoms with Crippen LogP contribution in [0.2, 0.25) is 0 Å². The zero-order valence-electron chi connectivity index (χ0n) is 26.4. The summed E-state index contributed by atoms with van der Waals surface area (Å²) in [5.41, 5.74) is -0.196. The van der Waals surface area contributed by atoms with Crippen molar-refractivity contribution in [3.8, 4) is 0 Å². The highest BCUT2D eigenvalue weighted by molar-refractivity contribution is 9.10. The van der Waals surface area contributed by atoms with E-state index in [1.165, 1.54) is 18.3 Å². The van der Waals surface area contributed by atoms with Gasteiger partial charge in [-0.15, -0.1) is 3.63 Å². The van der Waals surface area contributed by atoms with Crippen LogP contribution in [0.25, 0.3) is 0 Å². The molecule has 0 saturated carbocycles. The predicted octanol–water partition coefficient (Wildman–Crippen LogP) is 5.29. The van der Waals surface area contributed by atoms with Crippen LogP contribution in [0.1, 0.15) is 82.4 Å². The van der Waals surface area contributed by atoms with Crippen molar-refractivity contribution in [3.63, 3.8) is 0 Å². The van der Waals surface area contributed by atoms with Gasteiger partial charge >= 0.3 is 0 Å².